The van der Waals surface area contributed by atoms with E-state index in [-0.39, 0.29) is 5.91 Å². The summed E-state index contributed by atoms with van der Waals surface area (Å²) in [6.45, 7) is 2.04. The molecule has 2 atom stereocenters. The normalized spacial score (nSPS) is 29.8. The lowest BCUT2D eigenvalue weighted by molar-refractivity contribution is 0.0694. The number of hydrogen-bond acceptors (Lipinski definition) is 2. The Hall–Kier alpha value is -1.29. The summed E-state index contributed by atoms with van der Waals surface area (Å²) in [5.74, 6) is 0.253. The van der Waals surface area contributed by atoms with Gasteiger partial charge in [0, 0.05) is 30.9 Å². The smallest absolute Gasteiger partial charge is 0.270 e. The maximum atomic E-state index is 13.0. The van der Waals surface area contributed by atoms with Gasteiger partial charge in [-0.2, -0.15) is 0 Å². The molecule has 114 valence electrons. The standard InChI is InChI=1S/C17H25N3O/c21-17(16-9-4-11-19(16)13-5-1-6-13)20-12-3-8-15(20)14-7-2-10-18-14/h4,9,11,13-15,18H,1-3,5-8,10,12H2. The average molecular weight is 287 g/mol. The number of aromatic nitrogens is 1. The zero-order valence-corrected chi connectivity index (χ0v) is 12.6. The minimum Gasteiger partial charge on any atom is -0.340 e. The number of nitrogens with zero attached hydrogens (tertiary/aromatic N) is 2. The summed E-state index contributed by atoms with van der Waals surface area (Å²) in [5.41, 5.74) is 0.907. The summed E-state index contributed by atoms with van der Waals surface area (Å²) in [5, 5.41) is 3.59. The third-order valence-electron chi connectivity index (χ3n) is 5.59. The van der Waals surface area contributed by atoms with E-state index in [1.165, 1.54) is 32.1 Å². The van der Waals surface area contributed by atoms with Crippen molar-refractivity contribution in [1.29, 1.82) is 0 Å². The van der Waals surface area contributed by atoms with Crippen LogP contribution in [0, 0.1) is 0 Å². The van der Waals surface area contributed by atoms with Gasteiger partial charge in [0.2, 0.25) is 0 Å². The maximum Gasteiger partial charge on any atom is 0.270 e. The van der Waals surface area contributed by atoms with Crippen LogP contribution in [0.3, 0.4) is 0 Å². The van der Waals surface area contributed by atoms with Crippen molar-refractivity contribution in [3.05, 3.63) is 24.0 Å². The van der Waals surface area contributed by atoms with E-state index in [9.17, 15) is 4.79 Å². The molecule has 2 saturated heterocycles. The van der Waals surface area contributed by atoms with Crippen molar-refractivity contribution in [3.63, 3.8) is 0 Å². The molecule has 0 radical (unpaired) electrons. The number of hydrogen-bond donors (Lipinski definition) is 1. The van der Waals surface area contributed by atoms with Crippen molar-refractivity contribution in [2.24, 2.45) is 0 Å². The van der Waals surface area contributed by atoms with Gasteiger partial charge in [-0.05, 0) is 63.6 Å². The Bertz CT molecular complexity index is 514. The predicted octanol–water partition coefficient (Wildman–Crippen LogP) is 2.57. The highest BCUT2D eigenvalue weighted by molar-refractivity contribution is 5.93. The highest BCUT2D eigenvalue weighted by atomic mass is 16.2. The fraction of sp³-hybridized carbons (Fsp3) is 0.706. The van der Waals surface area contributed by atoms with Crippen LogP contribution in [-0.2, 0) is 0 Å². The van der Waals surface area contributed by atoms with Gasteiger partial charge in [-0.25, -0.2) is 0 Å². The minimum atomic E-state index is 0.253. The van der Waals surface area contributed by atoms with Gasteiger partial charge in [-0.15, -0.1) is 0 Å². The largest absolute Gasteiger partial charge is 0.340 e. The number of likely N-dealkylation sites (tertiary alicyclic amines) is 1. The highest BCUT2D eigenvalue weighted by Crippen LogP contribution is 2.34. The lowest BCUT2D eigenvalue weighted by atomic mass is 9.92. The molecule has 4 heteroatoms. The summed E-state index contributed by atoms with van der Waals surface area (Å²) < 4.78 is 2.23. The zero-order valence-electron chi connectivity index (χ0n) is 12.6. The lowest BCUT2D eigenvalue weighted by Crippen LogP contribution is -2.47. The first-order chi connectivity index (χ1) is 10.3. The average Bonchev–Trinajstić information content (AvgIpc) is 3.17. The lowest BCUT2D eigenvalue weighted by Gasteiger charge is -2.32. The van der Waals surface area contributed by atoms with Gasteiger partial charge in [0.15, 0.2) is 0 Å². The van der Waals surface area contributed by atoms with Gasteiger partial charge in [0.25, 0.3) is 5.91 Å². The van der Waals surface area contributed by atoms with Crippen LogP contribution in [0.25, 0.3) is 0 Å². The van der Waals surface area contributed by atoms with Crippen molar-refractivity contribution in [2.75, 3.05) is 13.1 Å². The van der Waals surface area contributed by atoms with Crippen LogP contribution in [0.4, 0.5) is 0 Å². The second-order valence-electron chi connectivity index (χ2n) is 6.80. The number of rotatable bonds is 3. The Balaban J connectivity index is 1.54. The second-order valence-corrected chi connectivity index (χ2v) is 6.80. The third-order valence-corrected chi connectivity index (χ3v) is 5.59. The Labute approximate surface area is 126 Å². The summed E-state index contributed by atoms with van der Waals surface area (Å²) >= 11 is 0. The van der Waals surface area contributed by atoms with Crippen molar-refractivity contribution in [2.45, 2.75) is 63.1 Å². The summed E-state index contributed by atoms with van der Waals surface area (Å²) in [7, 11) is 0. The van der Waals surface area contributed by atoms with E-state index in [4.69, 9.17) is 0 Å². The molecule has 1 N–H and O–H groups in total. The Morgan fingerprint density at radius 2 is 2.05 bits per heavy atom. The molecule has 0 spiro atoms. The van der Waals surface area contributed by atoms with Gasteiger partial charge >= 0.3 is 0 Å². The van der Waals surface area contributed by atoms with Gasteiger partial charge < -0.3 is 14.8 Å². The van der Waals surface area contributed by atoms with E-state index in [0.717, 1.165) is 31.6 Å². The monoisotopic (exact) mass is 287 g/mol. The Morgan fingerprint density at radius 1 is 1.14 bits per heavy atom. The van der Waals surface area contributed by atoms with E-state index in [0.29, 0.717) is 18.1 Å². The Kier molecular flexibility index (Phi) is 3.49. The van der Waals surface area contributed by atoms with E-state index in [1.807, 2.05) is 12.1 Å². The van der Waals surface area contributed by atoms with Crippen LogP contribution in [0.2, 0.25) is 0 Å². The molecule has 1 aliphatic carbocycles. The molecule has 3 heterocycles. The van der Waals surface area contributed by atoms with Gasteiger partial charge in [0.05, 0.1) is 0 Å². The van der Waals surface area contributed by atoms with Gasteiger partial charge in [-0.1, -0.05) is 0 Å². The van der Waals surface area contributed by atoms with E-state index in [1.54, 1.807) is 0 Å². The number of nitrogens with one attached hydrogen (secondary N) is 1. The number of carbonyl (C=O) groups excluding carboxylic acids is 1. The van der Waals surface area contributed by atoms with Gasteiger partial charge in [-0.3, -0.25) is 4.79 Å². The van der Waals surface area contributed by atoms with Crippen molar-refractivity contribution < 1.29 is 4.79 Å². The molecule has 21 heavy (non-hydrogen) atoms. The third kappa shape index (κ3) is 2.30. The van der Waals surface area contributed by atoms with Gasteiger partial charge in [0.1, 0.15) is 5.69 Å². The molecular weight excluding hydrogens is 262 g/mol. The molecule has 3 aliphatic rings. The number of amides is 1. The number of carbonyl (C=O) groups is 1. The van der Waals surface area contributed by atoms with Crippen molar-refractivity contribution in [3.8, 4) is 0 Å². The fourth-order valence-corrected chi connectivity index (χ4v) is 4.21. The first-order valence-corrected chi connectivity index (χ1v) is 8.56. The van der Waals surface area contributed by atoms with Crippen LogP contribution < -0.4 is 5.32 Å². The Morgan fingerprint density at radius 3 is 2.76 bits per heavy atom. The first kappa shape index (κ1) is 13.4. The van der Waals surface area contributed by atoms with Crippen LogP contribution in [0.1, 0.15) is 61.5 Å². The summed E-state index contributed by atoms with van der Waals surface area (Å²) in [6, 6.07) is 5.53. The molecule has 1 aromatic heterocycles. The van der Waals surface area contributed by atoms with Crippen LogP contribution in [0.15, 0.2) is 18.3 Å². The SMILES string of the molecule is O=C(c1cccn1C1CCC1)N1CCCC1C1CCCN1. The second kappa shape index (κ2) is 5.48. The molecule has 1 saturated carbocycles. The topological polar surface area (TPSA) is 37.3 Å². The maximum absolute atomic E-state index is 13.0. The van der Waals surface area contributed by atoms with Crippen LogP contribution in [0.5, 0.6) is 0 Å². The molecule has 1 aromatic rings. The zero-order chi connectivity index (χ0) is 14.2. The molecule has 2 aliphatic heterocycles. The fourth-order valence-electron chi connectivity index (χ4n) is 4.21. The quantitative estimate of drug-likeness (QED) is 0.927. The molecular formula is C17H25N3O. The van der Waals surface area contributed by atoms with E-state index < -0.39 is 0 Å². The van der Waals surface area contributed by atoms with Crippen molar-refractivity contribution >= 4 is 5.91 Å². The molecule has 4 rings (SSSR count). The molecule has 4 nitrogen and oxygen atoms in total. The van der Waals surface area contributed by atoms with Crippen LogP contribution >= 0.6 is 0 Å². The van der Waals surface area contributed by atoms with E-state index >= 15 is 0 Å². The molecule has 0 bridgehead atoms. The first-order valence-electron chi connectivity index (χ1n) is 8.56. The van der Waals surface area contributed by atoms with E-state index in [2.05, 4.69) is 21.0 Å². The molecule has 3 fully saturated rings. The minimum absolute atomic E-state index is 0.253. The van der Waals surface area contributed by atoms with Crippen LogP contribution in [-0.4, -0.2) is 40.5 Å². The molecule has 2 unspecified atom stereocenters. The van der Waals surface area contributed by atoms with Crippen molar-refractivity contribution in [1.82, 2.24) is 14.8 Å². The molecule has 0 aromatic carbocycles. The highest BCUT2D eigenvalue weighted by Gasteiger charge is 2.37. The molecule has 1 amide bonds. The summed E-state index contributed by atoms with van der Waals surface area (Å²) in [4.78, 5) is 15.2. The predicted molar refractivity (Wildman–Crippen MR) is 82.4 cm³/mol. The summed E-state index contributed by atoms with van der Waals surface area (Å²) in [6.07, 6.45) is 10.6.